The van der Waals surface area contributed by atoms with E-state index in [4.69, 9.17) is 37.8 Å². The topological polar surface area (TPSA) is 130 Å². The number of pyridine rings is 1. The number of H-pyrrole nitrogens is 1. The first-order chi connectivity index (χ1) is 16.7. The van der Waals surface area contributed by atoms with E-state index >= 15 is 4.39 Å². The smallest absolute Gasteiger partial charge is 0.481 e. The number of hydrogen-bond donors (Lipinski definition) is 3. The Balaban J connectivity index is 1.50. The fraction of sp³-hybridized carbons (Fsp3) is 0.333. The Hall–Kier alpha value is -3.09. The van der Waals surface area contributed by atoms with E-state index in [0.29, 0.717) is 28.9 Å². The average Bonchev–Trinajstić information content (AvgIpc) is 3.36. The molecule has 1 aliphatic rings. The van der Waals surface area contributed by atoms with Crippen LogP contribution >= 0.6 is 34.5 Å². The van der Waals surface area contributed by atoms with Crippen molar-refractivity contribution in [3.05, 3.63) is 39.6 Å². The minimum absolute atomic E-state index is 0.00715. The number of nitrogens with one attached hydrogen (secondary N) is 2. The average molecular weight is 544 g/mol. The third-order valence-electron chi connectivity index (χ3n) is 5.35. The van der Waals surface area contributed by atoms with E-state index in [1.54, 1.807) is 30.0 Å². The summed E-state index contributed by atoms with van der Waals surface area (Å²) in [5.41, 5.74) is 1.16. The first-order valence-corrected chi connectivity index (χ1v) is 11.9. The molecule has 0 aromatic carbocycles. The monoisotopic (exact) mass is 543 g/mol. The summed E-state index contributed by atoms with van der Waals surface area (Å²) < 4.78 is 25.1. The molecule has 1 saturated heterocycles. The molecule has 0 unspecified atom stereocenters. The van der Waals surface area contributed by atoms with Crippen molar-refractivity contribution in [3.63, 3.8) is 0 Å². The quantitative estimate of drug-likeness (QED) is 0.385. The largest absolute Gasteiger partial charge is 0.512 e. The van der Waals surface area contributed by atoms with Gasteiger partial charge in [-0.05, 0) is 19.4 Å². The fourth-order valence-corrected chi connectivity index (χ4v) is 4.99. The predicted octanol–water partition coefficient (Wildman–Crippen LogP) is 4.56. The van der Waals surface area contributed by atoms with Crippen LogP contribution in [0.25, 0.3) is 11.4 Å². The Kier molecular flexibility index (Phi) is 7.33. The third kappa shape index (κ3) is 5.29. The number of carbonyl (C=O) groups excluding carboxylic acids is 1. The summed E-state index contributed by atoms with van der Waals surface area (Å²) in [5, 5.41) is 12.5. The van der Waals surface area contributed by atoms with Crippen LogP contribution in [0, 0.1) is 6.92 Å². The number of piperidine rings is 1. The lowest BCUT2D eigenvalue weighted by atomic mass is 10.0. The van der Waals surface area contributed by atoms with E-state index < -0.39 is 24.3 Å². The molecular weight excluding hydrogens is 524 g/mol. The van der Waals surface area contributed by atoms with Crippen molar-refractivity contribution in [2.75, 3.05) is 25.1 Å². The Morgan fingerprint density at radius 3 is 2.71 bits per heavy atom. The van der Waals surface area contributed by atoms with Gasteiger partial charge in [0.25, 0.3) is 5.91 Å². The number of carboxylic acid groups (broad SMARTS) is 1. The van der Waals surface area contributed by atoms with Crippen LogP contribution in [-0.2, 0) is 0 Å². The van der Waals surface area contributed by atoms with E-state index in [0.717, 1.165) is 11.3 Å². The number of amides is 1. The molecule has 14 heteroatoms. The number of aromatic nitrogens is 3. The van der Waals surface area contributed by atoms with E-state index in [2.05, 4.69) is 20.3 Å². The van der Waals surface area contributed by atoms with Crippen LogP contribution in [0.4, 0.5) is 14.3 Å². The van der Waals surface area contributed by atoms with Crippen LogP contribution in [0.5, 0.6) is 10.9 Å². The summed E-state index contributed by atoms with van der Waals surface area (Å²) in [6, 6.07) is 4.19. The van der Waals surface area contributed by atoms with Crippen molar-refractivity contribution in [1.29, 1.82) is 0 Å². The van der Waals surface area contributed by atoms with Crippen molar-refractivity contribution in [3.8, 4) is 22.3 Å². The molecule has 186 valence electrons. The maximum Gasteiger partial charge on any atom is 0.512 e. The summed E-state index contributed by atoms with van der Waals surface area (Å²) in [7, 11) is 1.46. The molecule has 2 atom stereocenters. The van der Waals surface area contributed by atoms with Gasteiger partial charge in [0, 0.05) is 18.3 Å². The second-order valence-electron chi connectivity index (χ2n) is 7.65. The molecule has 1 amide bonds. The number of ether oxygens (including phenoxy) is 2. The summed E-state index contributed by atoms with van der Waals surface area (Å²) in [6.45, 7) is 1.95. The molecule has 1 fully saturated rings. The van der Waals surface area contributed by atoms with Crippen LogP contribution in [0.1, 0.15) is 22.6 Å². The van der Waals surface area contributed by atoms with E-state index in [-0.39, 0.29) is 39.5 Å². The molecule has 4 heterocycles. The zero-order chi connectivity index (χ0) is 25.3. The molecular formula is C21H20Cl2FN5O5S. The van der Waals surface area contributed by atoms with Gasteiger partial charge in [-0.1, -0.05) is 40.6 Å². The van der Waals surface area contributed by atoms with Gasteiger partial charge in [-0.25, -0.2) is 19.2 Å². The molecule has 10 nitrogen and oxygen atoms in total. The van der Waals surface area contributed by atoms with Gasteiger partial charge in [-0.3, -0.25) is 4.79 Å². The number of aryl methyl sites for hydroxylation is 1. The molecule has 4 rings (SSSR count). The molecule has 35 heavy (non-hydrogen) atoms. The lowest BCUT2D eigenvalue weighted by Gasteiger charge is -2.34. The minimum Gasteiger partial charge on any atom is -0.481 e. The highest BCUT2D eigenvalue weighted by Gasteiger charge is 2.34. The number of alkyl halides is 1. The molecule has 0 radical (unpaired) electrons. The van der Waals surface area contributed by atoms with Crippen LogP contribution < -0.4 is 19.7 Å². The van der Waals surface area contributed by atoms with Crippen molar-refractivity contribution < 1.29 is 28.6 Å². The second-order valence-corrected chi connectivity index (χ2v) is 9.35. The van der Waals surface area contributed by atoms with E-state index in [9.17, 15) is 9.59 Å². The standard InChI is InChI=1S/C21H20Cl2FN5O5S/c1-9-14(22)15(23)17(25-9)18(30)27-11-6-7-29(8-10(11)24)20-28-16(19(35-20)34-21(31)32)12-4-3-5-13(26-12)33-2/h3-5,10-11,25H,6-8H2,1-2H3,(H,27,30)(H,31,32)/t10-,11+/m0/s1. The number of carbonyl (C=O) groups is 2. The van der Waals surface area contributed by atoms with Gasteiger partial charge in [0.05, 0.1) is 35.4 Å². The zero-order valence-corrected chi connectivity index (χ0v) is 20.8. The first-order valence-electron chi connectivity index (χ1n) is 10.3. The third-order valence-corrected chi connectivity index (χ3v) is 7.29. The SMILES string of the molecule is COc1cccc(-c2nc(N3CC[C@@H](NC(=O)c4[nH]c(C)c(Cl)c4Cl)[C@@H](F)C3)sc2OC(=O)O)n1. The maximum atomic E-state index is 15.1. The molecule has 0 saturated carbocycles. The van der Waals surface area contributed by atoms with E-state index in [1.807, 2.05) is 0 Å². The molecule has 3 aromatic heterocycles. The number of anilines is 1. The van der Waals surface area contributed by atoms with Gasteiger partial charge in [0.2, 0.25) is 10.9 Å². The van der Waals surface area contributed by atoms with Gasteiger partial charge in [0.15, 0.2) is 5.13 Å². The highest BCUT2D eigenvalue weighted by Crippen LogP contribution is 2.40. The second kappa shape index (κ2) is 10.3. The molecule has 1 aliphatic heterocycles. The Labute approximate surface area is 213 Å². The molecule has 3 aromatic rings. The lowest BCUT2D eigenvalue weighted by molar-refractivity contribution is 0.0894. The normalized spacial score (nSPS) is 17.8. The van der Waals surface area contributed by atoms with Crippen LogP contribution in [0.2, 0.25) is 10.0 Å². The Morgan fingerprint density at radius 2 is 2.09 bits per heavy atom. The number of methoxy groups -OCH3 is 1. The summed E-state index contributed by atoms with van der Waals surface area (Å²) >= 11 is 13.1. The molecule has 0 bridgehead atoms. The number of nitrogens with zero attached hydrogens (tertiary/aromatic N) is 3. The van der Waals surface area contributed by atoms with Crippen molar-refractivity contribution in [2.24, 2.45) is 0 Å². The summed E-state index contributed by atoms with van der Waals surface area (Å²) in [5.74, 6) is -0.235. The Morgan fingerprint density at radius 1 is 1.31 bits per heavy atom. The predicted molar refractivity (Wildman–Crippen MR) is 129 cm³/mol. The van der Waals surface area contributed by atoms with Crippen LogP contribution in [-0.4, -0.2) is 64.5 Å². The maximum absolute atomic E-state index is 15.1. The number of thiazole rings is 1. The summed E-state index contributed by atoms with van der Waals surface area (Å²) in [4.78, 5) is 37.0. The van der Waals surface area contributed by atoms with Crippen molar-refractivity contribution >= 4 is 51.7 Å². The molecule has 3 N–H and O–H groups in total. The highest BCUT2D eigenvalue weighted by atomic mass is 35.5. The summed E-state index contributed by atoms with van der Waals surface area (Å²) in [6.07, 6.45) is -2.66. The number of rotatable bonds is 6. The highest BCUT2D eigenvalue weighted by molar-refractivity contribution is 7.18. The zero-order valence-electron chi connectivity index (χ0n) is 18.5. The molecule has 0 spiro atoms. The molecule has 0 aliphatic carbocycles. The van der Waals surface area contributed by atoms with Crippen LogP contribution in [0.3, 0.4) is 0 Å². The lowest BCUT2D eigenvalue weighted by Crippen LogP contribution is -2.52. The van der Waals surface area contributed by atoms with Gasteiger partial charge in [-0.15, -0.1) is 0 Å². The van der Waals surface area contributed by atoms with Crippen molar-refractivity contribution in [2.45, 2.75) is 25.6 Å². The first kappa shape index (κ1) is 25.0. The minimum atomic E-state index is -1.51. The Bertz CT molecular complexity index is 1270. The van der Waals surface area contributed by atoms with Crippen LogP contribution in [0.15, 0.2) is 18.2 Å². The van der Waals surface area contributed by atoms with Gasteiger partial charge in [-0.2, -0.15) is 0 Å². The van der Waals surface area contributed by atoms with Gasteiger partial charge in [0.1, 0.15) is 17.6 Å². The van der Waals surface area contributed by atoms with Crippen molar-refractivity contribution in [1.82, 2.24) is 20.3 Å². The number of aromatic amines is 1. The van der Waals surface area contributed by atoms with Gasteiger partial charge < -0.3 is 29.8 Å². The van der Waals surface area contributed by atoms with E-state index in [1.165, 1.54) is 7.11 Å². The fourth-order valence-electron chi connectivity index (χ4n) is 3.61. The number of halogens is 3. The number of hydrogen-bond acceptors (Lipinski definition) is 8. The van der Waals surface area contributed by atoms with Gasteiger partial charge >= 0.3 is 6.16 Å².